The summed E-state index contributed by atoms with van der Waals surface area (Å²) >= 11 is 0. The molecular weight excluding hydrogens is 331 g/mol. The van der Waals surface area contributed by atoms with Crippen LogP contribution in [0.3, 0.4) is 0 Å². The molecule has 0 atom stereocenters. The van der Waals surface area contributed by atoms with Gasteiger partial charge < -0.3 is 0 Å². The molecule has 0 aliphatic heterocycles. The van der Waals surface area contributed by atoms with Crippen LogP contribution in [0.25, 0.3) is 0 Å². The largest absolute Gasteiger partial charge is 0.180 e. The number of benzene rings is 2. The first-order valence-corrected chi connectivity index (χ1v) is 5.56. The summed E-state index contributed by atoms with van der Waals surface area (Å²) < 4.78 is 0. The van der Waals surface area contributed by atoms with Gasteiger partial charge in [0.25, 0.3) is 0 Å². The molecule has 0 heterocycles. The van der Waals surface area contributed by atoms with E-state index in [0.717, 1.165) is 0 Å². The Kier molecular flexibility index (Phi) is 8.50. The maximum atomic E-state index is 3.10. The Morgan fingerprint density at radius 1 is 0.647 bits per heavy atom. The van der Waals surface area contributed by atoms with Gasteiger partial charge >= 0.3 is 0 Å². The van der Waals surface area contributed by atoms with Crippen molar-refractivity contribution in [1.82, 2.24) is 0 Å². The van der Waals surface area contributed by atoms with E-state index in [1.165, 1.54) is 22.3 Å². The molecular formula is C16H19La-. The van der Waals surface area contributed by atoms with Gasteiger partial charge in [-0.2, -0.15) is 35.4 Å². The first kappa shape index (κ1) is 16.6. The van der Waals surface area contributed by atoms with Crippen molar-refractivity contribution in [2.45, 2.75) is 27.7 Å². The molecule has 0 unspecified atom stereocenters. The van der Waals surface area contributed by atoms with E-state index < -0.39 is 0 Å². The van der Waals surface area contributed by atoms with E-state index in [0.29, 0.717) is 0 Å². The Labute approximate surface area is 133 Å². The molecule has 0 fully saturated rings. The summed E-state index contributed by atoms with van der Waals surface area (Å²) in [6.45, 7) is 8.30. The van der Waals surface area contributed by atoms with Crippen LogP contribution < -0.4 is 0 Å². The molecule has 17 heavy (non-hydrogen) atoms. The van der Waals surface area contributed by atoms with Gasteiger partial charge in [0.1, 0.15) is 0 Å². The van der Waals surface area contributed by atoms with Gasteiger partial charge in [-0.1, -0.05) is 49.2 Å². The SMILES string of the molecule is Cc1[c-]cc(C)cc1.Cc1ccc(C)cc1.[La]. The molecule has 87 valence electrons. The third-order valence-electron chi connectivity index (χ3n) is 2.34. The number of hydrogen-bond donors (Lipinski definition) is 0. The Bertz CT molecular complexity index is 327. The van der Waals surface area contributed by atoms with Crippen LogP contribution in [-0.2, 0) is 0 Å². The van der Waals surface area contributed by atoms with E-state index in [1.807, 2.05) is 13.0 Å². The fourth-order valence-electron chi connectivity index (χ4n) is 1.22. The molecule has 0 aliphatic rings. The summed E-state index contributed by atoms with van der Waals surface area (Å²) in [5.41, 5.74) is 5.14. The zero-order valence-electron chi connectivity index (χ0n) is 11.1. The summed E-state index contributed by atoms with van der Waals surface area (Å²) in [4.78, 5) is 0. The number of rotatable bonds is 0. The summed E-state index contributed by atoms with van der Waals surface area (Å²) in [7, 11) is 0. The average Bonchev–Trinajstić information content (AvgIpc) is 2.28. The maximum Gasteiger partial charge on any atom is 0 e. The molecule has 2 rings (SSSR count). The molecule has 0 N–H and O–H groups in total. The molecule has 2 aromatic rings. The minimum atomic E-state index is 0. The fourth-order valence-corrected chi connectivity index (χ4v) is 1.22. The molecule has 1 radical (unpaired) electrons. The molecule has 2 aromatic carbocycles. The minimum absolute atomic E-state index is 0. The Balaban J connectivity index is 0.000000284. The van der Waals surface area contributed by atoms with Crippen molar-refractivity contribution in [2.24, 2.45) is 0 Å². The van der Waals surface area contributed by atoms with E-state index in [-0.39, 0.29) is 35.6 Å². The number of aryl methyl sites for hydroxylation is 4. The first-order chi connectivity index (χ1) is 7.58. The van der Waals surface area contributed by atoms with Crippen LogP contribution in [0.2, 0.25) is 0 Å². The van der Waals surface area contributed by atoms with E-state index >= 15 is 0 Å². The zero-order valence-corrected chi connectivity index (χ0v) is 14.7. The maximum absolute atomic E-state index is 3.10. The fraction of sp³-hybridized carbons (Fsp3) is 0.250. The molecule has 0 nitrogen and oxygen atoms in total. The molecule has 0 saturated carbocycles. The van der Waals surface area contributed by atoms with E-state index in [1.54, 1.807) is 0 Å². The van der Waals surface area contributed by atoms with Gasteiger partial charge in [-0.15, -0.1) is 0 Å². The van der Waals surface area contributed by atoms with E-state index in [2.05, 4.69) is 63.2 Å². The van der Waals surface area contributed by atoms with Crippen molar-refractivity contribution in [2.75, 3.05) is 0 Å². The molecule has 0 saturated heterocycles. The van der Waals surface area contributed by atoms with Gasteiger partial charge in [-0.25, -0.2) is 0 Å². The van der Waals surface area contributed by atoms with Crippen molar-refractivity contribution >= 4 is 0 Å². The van der Waals surface area contributed by atoms with Gasteiger partial charge in [-0.3, -0.25) is 0 Å². The quantitative estimate of drug-likeness (QED) is 0.618. The smallest absolute Gasteiger partial charge is 0 e. The third kappa shape index (κ3) is 7.54. The average molecular weight is 350 g/mol. The van der Waals surface area contributed by atoms with Crippen LogP contribution in [0.1, 0.15) is 22.3 Å². The van der Waals surface area contributed by atoms with Crippen molar-refractivity contribution in [1.29, 1.82) is 0 Å². The second-order valence-electron chi connectivity index (χ2n) is 4.20. The van der Waals surface area contributed by atoms with Gasteiger partial charge in [-0.05, 0) is 13.8 Å². The number of hydrogen-bond acceptors (Lipinski definition) is 0. The van der Waals surface area contributed by atoms with Crippen molar-refractivity contribution in [3.05, 3.63) is 70.8 Å². The Hall–Kier alpha value is -0.365. The van der Waals surface area contributed by atoms with Crippen LogP contribution in [0, 0.1) is 69.4 Å². The van der Waals surface area contributed by atoms with Gasteiger partial charge in [0.2, 0.25) is 0 Å². The second kappa shape index (κ2) is 8.69. The summed E-state index contributed by atoms with van der Waals surface area (Å²) in [5, 5.41) is 0. The summed E-state index contributed by atoms with van der Waals surface area (Å²) in [6, 6.07) is 17.7. The normalized spacial score (nSPS) is 8.71. The van der Waals surface area contributed by atoms with Crippen LogP contribution in [0.5, 0.6) is 0 Å². The van der Waals surface area contributed by atoms with E-state index in [4.69, 9.17) is 0 Å². The van der Waals surface area contributed by atoms with Crippen molar-refractivity contribution in [3.8, 4) is 0 Å². The summed E-state index contributed by atoms with van der Waals surface area (Å²) in [5.74, 6) is 0. The van der Waals surface area contributed by atoms with Gasteiger partial charge in [0.15, 0.2) is 0 Å². The molecule has 0 bridgehead atoms. The molecule has 0 aliphatic carbocycles. The molecule has 0 aromatic heterocycles. The summed E-state index contributed by atoms with van der Waals surface area (Å²) in [6.07, 6.45) is 0. The van der Waals surface area contributed by atoms with Crippen molar-refractivity contribution < 1.29 is 35.6 Å². The predicted molar refractivity (Wildman–Crippen MR) is 70.7 cm³/mol. The van der Waals surface area contributed by atoms with Crippen LogP contribution in [0.15, 0.2) is 42.5 Å². The Morgan fingerprint density at radius 3 is 1.35 bits per heavy atom. The van der Waals surface area contributed by atoms with Crippen LogP contribution in [0.4, 0.5) is 0 Å². The van der Waals surface area contributed by atoms with Crippen LogP contribution in [-0.4, -0.2) is 0 Å². The molecule has 1 heteroatoms. The molecule has 0 spiro atoms. The monoisotopic (exact) mass is 350 g/mol. The standard InChI is InChI=1S/C8H10.C8H9.La/c2*1-7-3-5-8(2)6-4-7;/h3-6H,1-2H3;3-5H,1-2H3;/q;-1;. The van der Waals surface area contributed by atoms with Gasteiger partial charge in [0.05, 0.1) is 0 Å². The Morgan fingerprint density at radius 2 is 1.06 bits per heavy atom. The van der Waals surface area contributed by atoms with E-state index in [9.17, 15) is 0 Å². The second-order valence-corrected chi connectivity index (χ2v) is 4.20. The first-order valence-electron chi connectivity index (χ1n) is 5.56. The molecule has 0 amide bonds. The zero-order chi connectivity index (χ0) is 12.0. The third-order valence-corrected chi connectivity index (χ3v) is 2.34. The topological polar surface area (TPSA) is 0 Å². The minimum Gasteiger partial charge on any atom is -0.180 e. The van der Waals surface area contributed by atoms with Gasteiger partial charge in [0, 0.05) is 35.6 Å². The predicted octanol–water partition coefficient (Wildman–Crippen LogP) is 4.41. The van der Waals surface area contributed by atoms with Crippen molar-refractivity contribution in [3.63, 3.8) is 0 Å². The van der Waals surface area contributed by atoms with Crippen LogP contribution >= 0.6 is 0 Å².